The molecule has 31 heavy (non-hydrogen) atoms. The second-order valence-electron chi connectivity index (χ2n) is 8.90. The van der Waals surface area contributed by atoms with E-state index in [-0.39, 0.29) is 30.5 Å². The summed E-state index contributed by atoms with van der Waals surface area (Å²) < 4.78 is 16.2. The molecule has 0 saturated carbocycles. The number of esters is 1. The highest BCUT2D eigenvalue weighted by Gasteiger charge is 2.42. The average Bonchev–Trinajstić information content (AvgIpc) is 3.07. The molecule has 1 aliphatic heterocycles. The smallest absolute Gasteiger partial charge is 0.407 e. The minimum Gasteiger partial charge on any atom is -0.497 e. The maximum absolute atomic E-state index is 12.6. The van der Waals surface area contributed by atoms with E-state index >= 15 is 0 Å². The monoisotopic (exact) mass is 425 g/mol. The van der Waals surface area contributed by atoms with Gasteiger partial charge in [0.05, 0.1) is 19.6 Å². The third-order valence-electron chi connectivity index (χ3n) is 5.34. The van der Waals surface area contributed by atoms with E-state index in [9.17, 15) is 9.59 Å². The number of hydrogen-bond donors (Lipinski definition) is 1. The lowest BCUT2D eigenvalue weighted by atomic mass is 9.82. The van der Waals surface area contributed by atoms with Gasteiger partial charge in [-0.2, -0.15) is 0 Å². The van der Waals surface area contributed by atoms with Gasteiger partial charge in [0.15, 0.2) is 0 Å². The Labute approximate surface area is 183 Å². The number of amides is 1. The molecule has 166 valence electrons. The van der Waals surface area contributed by atoms with E-state index in [1.54, 1.807) is 7.11 Å². The Hall–Kier alpha value is -3.02. The van der Waals surface area contributed by atoms with Gasteiger partial charge in [-0.15, -0.1) is 0 Å². The predicted molar refractivity (Wildman–Crippen MR) is 118 cm³/mol. The third-order valence-corrected chi connectivity index (χ3v) is 5.34. The molecule has 1 amide bonds. The van der Waals surface area contributed by atoms with Crippen LogP contribution in [0.15, 0.2) is 54.6 Å². The number of carbonyl (C=O) groups is 2. The van der Waals surface area contributed by atoms with E-state index in [2.05, 4.69) is 5.32 Å². The van der Waals surface area contributed by atoms with Crippen molar-refractivity contribution >= 4 is 12.1 Å². The molecule has 1 N–H and O–H groups in total. The molecular formula is C25H31NO5. The van der Waals surface area contributed by atoms with E-state index in [4.69, 9.17) is 14.2 Å². The molecule has 0 radical (unpaired) electrons. The molecule has 0 aromatic heterocycles. The van der Waals surface area contributed by atoms with Crippen molar-refractivity contribution in [3.8, 4) is 5.75 Å². The Morgan fingerprint density at radius 2 is 1.84 bits per heavy atom. The fourth-order valence-corrected chi connectivity index (χ4v) is 3.90. The normalized spacial score (nSPS) is 19.4. The Morgan fingerprint density at radius 1 is 1.13 bits per heavy atom. The first-order valence-corrected chi connectivity index (χ1v) is 10.6. The van der Waals surface area contributed by atoms with E-state index in [0.717, 1.165) is 16.9 Å². The number of hydrogen-bond acceptors (Lipinski definition) is 5. The molecule has 6 nitrogen and oxygen atoms in total. The Balaban J connectivity index is 1.82. The highest BCUT2D eigenvalue weighted by molar-refractivity contribution is 5.76. The molecule has 2 aromatic rings. The van der Waals surface area contributed by atoms with Crippen molar-refractivity contribution in [1.29, 1.82) is 0 Å². The fourth-order valence-electron chi connectivity index (χ4n) is 3.90. The lowest BCUT2D eigenvalue weighted by Crippen LogP contribution is -2.46. The number of ether oxygens (including phenoxy) is 3. The van der Waals surface area contributed by atoms with Crippen LogP contribution in [0.3, 0.4) is 0 Å². The molecule has 0 bridgehead atoms. The zero-order chi connectivity index (χ0) is 22.4. The molecule has 6 heteroatoms. The van der Waals surface area contributed by atoms with Crippen molar-refractivity contribution in [2.24, 2.45) is 11.8 Å². The first-order chi connectivity index (χ1) is 14.7. The Bertz CT molecular complexity index is 890. The van der Waals surface area contributed by atoms with Crippen LogP contribution in [0.25, 0.3) is 0 Å². The van der Waals surface area contributed by atoms with Gasteiger partial charge in [0, 0.05) is 12.0 Å². The van der Waals surface area contributed by atoms with Crippen molar-refractivity contribution in [2.45, 2.75) is 45.3 Å². The topological polar surface area (TPSA) is 73.9 Å². The number of rotatable bonds is 7. The Morgan fingerprint density at radius 3 is 2.52 bits per heavy atom. The number of methoxy groups -OCH3 is 1. The van der Waals surface area contributed by atoms with Crippen LogP contribution < -0.4 is 10.1 Å². The second-order valence-corrected chi connectivity index (χ2v) is 8.90. The first kappa shape index (κ1) is 22.7. The van der Waals surface area contributed by atoms with Crippen LogP contribution in [0, 0.1) is 11.8 Å². The summed E-state index contributed by atoms with van der Waals surface area (Å²) >= 11 is 0. The summed E-state index contributed by atoms with van der Waals surface area (Å²) in [6.07, 6.45) is 0.603. The van der Waals surface area contributed by atoms with Crippen molar-refractivity contribution in [2.75, 3.05) is 13.7 Å². The zero-order valence-electron chi connectivity index (χ0n) is 18.6. The highest BCUT2D eigenvalue weighted by Crippen LogP contribution is 2.31. The van der Waals surface area contributed by atoms with Crippen molar-refractivity contribution in [3.05, 3.63) is 65.7 Å². The average molecular weight is 426 g/mol. The lowest BCUT2D eigenvalue weighted by Gasteiger charge is -2.29. The SMILES string of the molecule is COc1cccc(C[C@H]2C(=O)OCC2[C@H](Cc2ccccc2)NC(=O)OC(C)(C)C)c1. The Kier molecular flexibility index (Phi) is 7.21. The zero-order valence-corrected chi connectivity index (χ0v) is 18.6. The van der Waals surface area contributed by atoms with Crippen LogP contribution in [-0.4, -0.2) is 37.4 Å². The summed E-state index contributed by atoms with van der Waals surface area (Å²) in [4.78, 5) is 25.2. The van der Waals surface area contributed by atoms with Gasteiger partial charge in [-0.3, -0.25) is 4.79 Å². The summed E-state index contributed by atoms with van der Waals surface area (Å²) in [5.74, 6) is -0.0350. The standard InChI is InChI=1S/C25H31NO5/c1-25(2,3)31-24(28)26-22(15-17-9-6-5-7-10-17)21-16-30-23(27)20(21)14-18-11-8-12-19(13-18)29-4/h5-13,20-22H,14-16H2,1-4H3,(H,26,28)/t20-,21?,22+/m1/s1. The van der Waals surface area contributed by atoms with E-state index in [1.807, 2.05) is 75.4 Å². The number of benzene rings is 2. The van der Waals surface area contributed by atoms with Crippen LogP contribution in [0.5, 0.6) is 5.75 Å². The van der Waals surface area contributed by atoms with Crippen molar-refractivity contribution < 1.29 is 23.8 Å². The van der Waals surface area contributed by atoms with Gasteiger partial charge in [0.1, 0.15) is 11.4 Å². The lowest BCUT2D eigenvalue weighted by molar-refractivity contribution is -0.141. The summed E-state index contributed by atoms with van der Waals surface area (Å²) in [6, 6.07) is 17.3. The minimum absolute atomic E-state index is 0.175. The predicted octanol–water partition coefficient (Wildman–Crippen LogP) is 4.16. The molecule has 1 heterocycles. The van der Waals surface area contributed by atoms with Crippen LogP contribution in [0.1, 0.15) is 31.9 Å². The van der Waals surface area contributed by atoms with Gasteiger partial charge < -0.3 is 19.5 Å². The molecule has 1 aliphatic rings. The summed E-state index contributed by atoms with van der Waals surface area (Å²) in [5.41, 5.74) is 1.45. The molecule has 1 saturated heterocycles. The molecule has 0 aliphatic carbocycles. The molecular weight excluding hydrogens is 394 g/mol. The quantitative estimate of drug-likeness (QED) is 0.674. The van der Waals surface area contributed by atoms with Gasteiger partial charge in [-0.1, -0.05) is 42.5 Å². The largest absolute Gasteiger partial charge is 0.497 e. The van der Waals surface area contributed by atoms with Crippen molar-refractivity contribution in [3.63, 3.8) is 0 Å². The van der Waals surface area contributed by atoms with Crippen LogP contribution >= 0.6 is 0 Å². The van der Waals surface area contributed by atoms with Crippen LogP contribution in [0.4, 0.5) is 4.79 Å². The number of carbonyl (C=O) groups excluding carboxylic acids is 2. The van der Waals surface area contributed by atoms with E-state index in [1.165, 1.54) is 0 Å². The molecule has 3 atom stereocenters. The molecule has 3 rings (SSSR count). The van der Waals surface area contributed by atoms with Crippen LogP contribution in [-0.2, 0) is 27.1 Å². The second kappa shape index (κ2) is 9.86. The molecule has 1 fully saturated rings. The summed E-state index contributed by atoms with van der Waals surface area (Å²) in [7, 11) is 1.62. The van der Waals surface area contributed by atoms with Gasteiger partial charge in [-0.25, -0.2) is 4.79 Å². The summed E-state index contributed by atoms with van der Waals surface area (Å²) in [5, 5.41) is 3.00. The number of alkyl carbamates (subject to hydrolysis) is 1. The van der Waals surface area contributed by atoms with Gasteiger partial charge in [0.2, 0.25) is 0 Å². The highest BCUT2D eigenvalue weighted by atomic mass is 16.6. The fraction of sp³-hybridized carbons (Fsp3) is 0.440. The number of nitrogens with one attached hydrogen (secondary N) is 1. The molecule has 1 unspecified atom stereocenters. The maximum Gasteiger partial charge on any atom is 0.407 e. The van der Waals surface area contributed by atoms with Crippen LogP contribution in [0.2, 0.25) is 0 Å². The van der Waals surface area contributed by atoms with Crippen molar-refractivity contribution in [1.82, 2.24) is 5.32 Å². The van der Waals surface area contributed by atoms with Gasteiger partial charge in [-0.05, 0) is 56.9 Å². The maximum atomic E-state index is 12.6. The van der Waals surface area contributed by atoms with Gasteiger partial charge >= 0.3 is 12.1 Å². The number of cyclic esters (lactones) is 1. The summed E-state index contributed by atoms with van der Waals surface area (Å²) in [6.45, 7) is 5.74. The van der Waals surface area contributed by atoms with E-state index in [0.29, 0.717) is 12.8 Å². The molecule has 2 aromatic carbocycles. The minimum atomic E-state index is -0.608. The van der Waals surface area contributed by atoms with E-state index < -0.39 is 11.7 Å². The molecule has 0 spiro atoms. The first-order valence-electron chi connectivity index (χ1n) is 10.6. The van der Waals surface area contributed by atoms with Gasteiger partial charge in [0.25, 0.3) is 0 Å². The third kappa shape index (κ3) is 6.48.